The number of allylic oxidation sites excluding steroid dienone is 2. The molecule has 1 saturated heterocycles. The van der Waals surface area contributed by atoms with E-state index in [4.69, 9.17) is 28.4 Å². The van der Waals surface area contributed by atoms with E-state index in [1.807, 2.05) is 0 Å². The summed E-state index contributed by atoms with van der Waals surface area (Å²) in [6.45, 7) is -0.665. The molecule has 44 heavy (non-hydrogen) atoms. The molecule has 232 valence electrons. The topological polar surface area (TPSA) is 201 Å². The lowest BCUT2D eigenvalue weighted by atomic mass is 9.91. The van der Waals surface area contributed by atoms with Crippen LogP contribution in [0.1, 0.15) is 22.8 Å². The molecule has 13 heteroatoms. The molecule has 0 spiro atoms. The zero-order valence-corrected chi connectivity index (χ0v) is 23.5. The molecule has 0 aromatic heterocycles. The molecule has 1 fully saturated rings. The third-order valence-corrected chi connectivity index (χ3v) is 7.67. The third-order valence-electron chi connectivity index (χ3n) is 7.67. The predicted octanol–water partition coefficient (Wildman–Crippen LogP) is 1.78. The first kappa shape index (κ1) is 29.4. The van der Waals surface area contributed by atoms with Crippen LogP contribution in [0.2, 0.25) is 0 Å². The normalized spacial score (nSPS) is 25.7. The number of aliphatic hydroxyl groups is 5. The number of ether oxygens (including phenoxy) is 6. The Morgan fingerprint density at radius 1 is 0.841 bits per heavy atom. The van der Waals surface area contributed by atoms with Gasteiger partial charge in [-0.1, -0.05) is 0 Å². The lowest BCUT2D eigenvalue weighted by Gasteiger charge is -2.41. The summed E-state index contributed by atoms with van der Waals surface area (Å²) in [5.41, 5.74) is 1.83. The number of phenolic OH excluding ortho intramolecular Hbond substituents is 3. The highest BCUT2D eigenvalue weighted by atomic mass is 16.7. The minimum absolute atomic E-state index is 0.0445. The van der Waals surface area contributed by atoms with Gasteiger partial charge < -0.3 is 64.2 Å². The fourth-order valence-corrected chi connectivity index (χ4v) is 5.41. The Balaban J connectivity index is 1.58. The van der Waals surface area contributed by atoms with Gasteiger partial charge in [-0.05, 0) is 42.5 Å². The molecule has 3 heterocycles. The van der Waals surface area contributed by atoms with Crippen molar-refractivity contribution in [1.82, 2.24) is 0 Å². The zero-order valence-electron chi connectivity index (χ0n) is 23.5. The molecule has 13 nitrogen and oxygen atoms in total. The Labute approximate surface area is 250 Å². The summed E-state index contributed by atoms with van der Waals surface area (Å²) >= 11 is 0. The molecule has 6 unspecified atom stereocenters. The van der Waals surface area contributed by atoms with E-state index in [0.717, 1.165) is 0 Å². The molecule has 3 aromatic carbocycles. The SMILES string of the molecule is COc1cc(C2[OH+]c3cc(O)cc4c3C(=C2OC2OC(CO)C(O)C(O)C2O)C=C(c2ccc(O)cc2)O4)cc(OC)c1O. The van der Waals surface area contributed by atoms with Gasteiger partial charge in [0, 0.05) is 17.2 Å². The molecule has 0 saturated carbocycles. The molecule has 3 aliphatic rings. The van der Waals surface area contributed by atoms with Crippen LogP contribution in [-0.2, 0) is 9.47 Å². The van der Waals surface area contributed by atoms with E-state index in [-0.39, 0.29) is 40.3 Å². The van der Waals surface area contributed by atoms with Crippen molar-refractivity contribution < 1.29 is 64.2 Å². The molecular formula is C31H31O13+. The second-order valence-corrected chi connectivity index (χ2v) is 10.4. The number of aliphatic hydroxyl groups excluding tert-OH is 4. The highest BCUT2D eigenvalue weighted by Crippen LogP contribution is 2.54. The first-order chi connectivity index (χ1) is 21.1. The molecule has 8 N–H and O–H groups in total. The van der Waals surface area contributed by atoms with Crippen molar-refractivity contribution in [2.45, 2.75) is 36.8 Å². The highest BCUT2D eigenvalue weighted by Gasteiger charge is 2.48. The van der Waals surface area contributed by atoms with Gasteiger partial charge in [0.2, 0.25) is 17.8 Å². The fraction of sp³-hybridized carbons (Fsp3) is 0.290. The van der Waals surface area contributed by atoms with E-state index >= 15 is 0 Å². The molecule has 0 amide bonds. The summed E-state index contributed by atoms with van der Waals surface area (Å²) in [5, 5.41) is 72.4. The Kier molecular flexibility index (Phi) is 7.65. The van der Waals surface area contributed by atoms with Crippen LogP contribution in [0.25, 0.3) is 11.3 Å². The zero-order chi connectivity index (χ0) is 31.3. The van der Waals surface area contributed by atoms with Crippen molar-refractivity contribution in [3.63, 3.8) is 0 Å². The summed E-state index contributed by atoms with van der Waals surface area (Å²) in [5.74, 6) is 0.785. The Bertz CT molecular complexity index is 1600. The number of aromatic hydroxyl groups is 4. The van der Waals surface area contributed by atoms with Crippen LogP contribution in [0.15, 0.2) is 60.4 Å². The van der Waals surface area contributed by atoms with Crippen LogP contribution < -0.4 is 14.2 Å². The number of benzene rings is 3. The highest BCUT2D eigenvalue weighted by molar-refractivity contribution is 5.93. The molecular weight excluding hydrogens is 580 g/mol. The van der Waals surface area contributed by atoms with Gasteiger partial charge in [0.25, 0.3) is 11.9 Å². The first-order valence-electron chi connectivity index (χ1n) is 13.6. The summed E-state index contributed by atoms with van der Waals surface area (Å²) in [4.78, 5) is 0. The van der Waals surface area contributed by atoms with Gasteiger partial charge in [0.15, 0.2) is 11.5 Å². The quantitative estimate of drug-likeness (QED) is 0.191. The van der Waals surface area contributed by atoms with E-state index in [1.165, 1.54) is 50.6 Å². The van der Waals surface area contributed by atoms with Crippen molar-refractivity contribution in [3.05, 3.63) is 77.1 Å². The monoisotopic (exact) mass is 611 g/mol. The van der Waals surface area contributed by atoms with Crippen molar-refractivity contribution in [1.29, 1.82) is 0 Å². The number of phenols is 3. The average Bonchev–Trinajstić information content (AvgIpc) is 3.02. The number of hydrogen-bond acceptors (Lipinski definition) is 12. The Morgan fingerprint density at radius 2 is 1.52 bits per heavy atom. The predicted molar refractivity (Wildman–Crippen MR) is 152 cm³/mol. The van der Waals surface area contributed by atoms with Gasteiger partial charge >= 0.3 is 0 Å². The Hall–Kier alpha value is -4.66. The van der Waals surface area contributed by atoms with Gasteiger partial charge in [-0.15, -0.1) is 0 Å². The maximum absolute atomic E-state index is 10.9. The van der Waals surface area contributed by atoms with E-state index < -0.39 is 43.4 Å². The van der Waals surface area contributed by atoms with Crippen molar-refractivity contribution >= 4 is 11.3 Å². The largest absolute Gasteiger partial charge is 0.571 e. The van der Waals surface area contributed by atoms with Gasteiger partial charge in [-0.2, -0.15) is 0 Å². The van der Waals surface area contributed by atoms with Crippen molar-refractivity contribution in [2.75, 3.05) is 20.8 Å². The van der Waals surface area contributed by atoms with Crippen LogP contribution in [-0.4, -0.2) is 92.0 Å². The van der Waals surface area contributed by atoms with E-state index in [2.05, 4.69) is 0 Å². The lowest BCUT2D eigenvalue weighted by molar-refractivity contribution is -0.295. The maximum atomic E-state index is 10.9. The second kappa shape index (κ2) is 11.4. The molecule has 6 rings (SSSR count). The van der Waals surface area contributed by atoms with E-state index in [9.17, 15) is 35.7 Å². The second-order valence-electron chi connectivity index (χ2n) is 10.4. The fourth-order valence-electron chi connectivity index (χ4n) is 5.41. The molecule has 0 radical (unpaired) electrons. The number of hydrogen-bond donors (Lipinski definition) is 7. The van der Waals surface area contributed by atoms with Crippen LogP contribution in [0, 0.1) is 0 Å². The van der Waals surface area contributed by atoms with Gasteiger partial charge in [-0.25, -0.2) is 0 Å². The standard InChI is InChI=1S/C31H30O13/c1-39-21-7-14(8-22(40-2)25(21)35)29-30(44-31-28(38)27(37)26(36)23(12-32)43-31)17-11-18(13-3-5-15(33)6-4-13)41-19-9-16(34)10-20(42-29)24(17)19/h3-11,23,26-29,31-38H,12H2,1-2H3/p+1. The van der Waals surface area contributed by atoms with Crippen LogP contribution in [0.4, 0.5) is 0 Å². The molecule has 0 bridgehead atoms. The lowest BCUT2D eigenvalue weighted by Crippen LogP contribution is -2.59. The van der Waals surface area contributed by atoms with E-state index in [1.54, 1.807) is 18.2 Å². The number of methoxy groups -OCH3 is 2. The summed E-state index contributed by atoms with van der Waals surface area (Å²) < 4.78 is 33.7. The molecule has 3 aromatic rings. The number of rotatable bonds is 7. The summed E-state index contributed by atoms with van der Waals surface area (Å²) in [6.07, 6.45) is -7.22. The molecule has 0 aliphatic carbocycles. The van der Waals surface area contributed by atoms with Gasteiger partial charge in [0.05, 0.1) is 32.5 Å². The summed E-state index contributed by atoms with van der Waals surface area (Å²) in [7, 11) is 2.73. The third kappa shape index (κ3) is 5.00. The van der Waals surface area contributed by atoms with Gasteiger partial charge in [0.1, 0.15) is 53.0 Å². The minimum Gasteiger partial charge on any atom is -0.571 e. The maximum Gasteiger partial charge on any atom is 0.271 e. The molecule has 6 atom stereocenters. The smallest absolute Gasteiger partial charge is 0.271 e. The van der Waals surface area contributed by atoms with Gasteiger partial charge in [-0.3, -0.25) is 0 Å². The average molecular weight is 612 g/mol. The van der Waals surface area contributed by atoms with Crippen molar-refractivity contribution in [3.8, 4) is 40.2 Å². The minimum atomic E-state index is -1.73. The Morgan fingerprint density at radius 3 is 2.16 bits per heavy atom. The van der Waals surface area contributed by atoms with Crippen LogP contribution in [0.5, 0.6) is 40.2 Å². The van der Waals surface area contributed by atoms with E-state index in [0.29, 0.717) is 33.8 Å². The molecule has 3 aliphatic heterocycles. The first-order valence-corrected chi connectivity index (χ1v) is 13.6. The van der Waals surface area contributed by atoms with Crippen LogP contribution >= 0.6 is 0 Å². The summed E-state index contributed by atoms with van der Waals surface area (Å²) in [6, 6.07) is 12.1. The van der Waals surface area contributed by atoms with Crippen LogP contribution in [0.3, 0.4) is 0 Å². The van der Waals surface area contributed by atoms with Crippen molar-refractivity contribution in [2.24, 2.45) is 0 Å².